The number of carbonyl (C=O) groups is 1. The van der Waals surface area contributed by atoms with Gasteiger partial charge < -0.3 is 5.32 Å². The lowest BCUT2D eigenvalue weighted by atomic mass is 9.95. The Morgan fingerprint density at radius 1 is 1.04 bits per heavy atom. The van der Waals surface area contributed by atoms with Crippen molar-refractivity contribution in [3.05, 3.63) is 69.8 Å². The molecule has 0 aliphatic carbocycles. The van der Waals surface area contributed by atoms with Crippen LogP contribution in [0.25, 0.3) is 0 Å². The highest BCUT2D eigenvalue weighted by molar-refractivity contribution is 5.86. The van der Waals surface area contributed by atoms with Gasteiger partial charge in [0.05, 0.1) is 12.8 Å². The molecule has 0 spiro atoms. The highest BCUT2D eigenvalue weighted by atomic mass is 16.2. The minimum absolute atomic E-state index is 0.135. The van der Waals surface area contributed by atoms with E-state index in [-0.39, 0.29) is 12.5 Å². The van der Waals surface area contributed by atoms with Crippen LogP contribution in [0.1, 0.15) is 33.4 Å². The van der Waals surface area contributed by atoms with Gasteiger partial charge in [0.15, 0.2) is 0 Å². The van der Waals surface area contributed by atoms with Crippen molar-refractivity contribution in [2.75, 3.05) is 13.1 Å². The molecule has 1 amide bonds. The Balaban J connectivity index is 1.79. The Bertz CT molecular complexity index is 725. The lowest BCUT2D eigenvalue weighted by Gasteiger charge is -2.11. The second-order valence-electron chi connectivity index (χ2n) is 6.38. The molecule has 0 bridgehead atoms. The summed E-state index contributed by atoms with van der Waals surface area (Å²) in [5, 5.41) is 7.26. The Morgan fingerprint density at radius 2 is 1.68 bits per heavy atom. The molecular formula is C21H27N3O. The standard InChI is InChI=1S/C21H27N3O/c1-15-12-16(2)18(4)20(17(15)3)13-23-24-21(25)14-22-11-10-19-8-6-5-7-9-19/h5-9,12-13,22H,10-11,14H2,1-4H3,(H,24,25)/b23-13+. The van der Waals surface area contributed by atoms with Gasteiger partial charge in [0.25, 0.3) is 5.91 Å². The Hall–Kier alpha value is -2.46. The summed E-state index contributed by atoms with van der Waals surface area (Å²) in [6.45, 7) is 9.36. The van der Waals surface area contributed by atoms with Crippen molar-refractivity contribution in [2.45, 2.75) is 34.1 Å². The fraction of sp³-hybridized carbons (Fsp3) is 0.333. The van der Waals surface area contributed by atoms with Crippen molar-refractivity contribution < 1.29 is 4.79 Å². The van der Waals surface area contributed by atoms with Crippen molar-refractivity contribution >= 4 is 12.1 Å². The number of nitrogens with one attached hydrogen (secondary N) is 2. The molecule has 25 heavy (non-hydrogen) atoms. The van der Waals surface area contributed by atoms with E-state index in [0.717, 1.165) is 18.5 Å². The largest absolute Gasteiger partial charge is 0.308 e. The number of nitrogens with zero attached hydrogens (tertiary/aromatic N) is 1. The average molecular weight is 337 g/mol. The molecule has 0 fully saturated rings. The van der Waals surface area contributed by atoms with E-state index in [1.165, 1.54) is 27.8 Å². The third-order valence-electron chi connectivity index (χ3n) is 4.53. The van der Waals surface area contributed by atoms with E-state index in [4.69, 9.17) is 0 Å². The second-order valence-corrected chi connectivity index (χ2v) is 6.38. The summed E-state index contributed by atoms with van der Waals surface area (Å²) in [7, 11) is 0. The van der Waals surface area contributed by atoms with E-state index in [2.05, 4.69) is 61.7 Å². The van der Waals surface area contributed by atoms with Crippen LogP contribution >= 0.6 is 0 Å². The van der Waals surface area contributed by atoms with E-state index in [9.17, 15) is 4.79 Å². The first-order valence-electron chi connectivity index (χ1n) is 8.63. The SMILES string of the molecule is Cc1cc(C)c(C)c(/C=N/NC(=O)CNCCc2ccccc2)c1C. The van der Waals surface area contributed by atoms with Crippen LogP contribution in [0.5, 0.6) is 0 Å². The van der Waals surface area contributed by atoms with Crippen LogP contribution in [-0.2, 0) is 11.2 Å². The number of hydrogen-bond donors (Lipinski definition) is 2. The lowest BCUT2D eigenvalue weighted by molar-refractivity contribution is -0.120. The van der Waals surface area contributed by atoms with Gasteiger partial charge in [0, 0.05) is 5.56 Å². The van der Waals surface area contributed by atoms with Crippen molar-refractivity contribution in [1.82, 2.24) is 10.7 Å². The Morgan fingerprint density at radius 3 is 2.32 bits per heavy atom. The van der Waals surface area contributed by atoms with E-state index < -0.39 is 0 Å². The van der Waals surface area contributed by atoms with Gasteiger partial charge in [-0.2, -0.15) is 5.10 Å². The zero-order chi connectivity index (χ0) is 18.2. The highest BCUT2D eigenvalue weighted by Gasteiger charge is 2.06. The van der Waals surface area contributed by atoms with E-state index in [1.807, 2.05) is 18.2 Å². The maximum atomic E-state index is 11.9. The summed E-state index contributed by atoms with van der Waals surface area (Å²) < 4.78 is 0. The molecule has 0 aliphatic heterocycles. The van der Waals surface area contributed by atoms with Crippen LogP contribution in [0.2, 0.25) is 0 Å². The summed E-state index contributed by atoms with van der Waals surface area (Å²) in [5.74, 6) is -0.135. The van der Waals surface area contributed by atoms with Crippen molar-refractivity contribution in [2.24, 2.45) is 5.10 Å². The molecule has 2 aromatic carbocycles. The van der Waals surface area contributed by atoms with E-state index >= 15 is 0 Å². The molecule has 0 radical (unpaired) electrons. The normalized spacial score (nSPS) is 11.0. The van der Waals surface area contributed by atoms with Crippen LogP contribution in [0.4, 0.5) is 0 Å². The van der Waals surface area contributed by atoms with Crippen LogP contribution in [-0.4, -0.2) is 25.2 Å². The zero-order valence-corrected chi connectivity index (χ0v) is 15.5. The quantitative estimate of drug-likeness (QED) is 0.463. The van der Waals surface area contributed by atoms with Gasteiger partial charge in [-0.1, -0.05) is 36.4 Å². The molecule has 0 aromatic heterocycles. The number of carbonyl (C=O) groups excluding carboxylic acids is 1. The number of rotatable bonds is 7. The number of hydrazone groups is 1. The molecule has 2 rings (SSSR count). The van der Waals surface area contributed by atoms with Gasteiger partial charge in [-0.15, -0.1) is 0 Å². The fourth-order valence-electron chi connectivity index (χ4n) is 2.73. The third kappa shape index (κ3) is 5.54. The molecule has 4 heteroatoms. The molecule has 0 unspecified atom stereocenters. The van der Waals surface area contributed by atoms with Crippen molar-refractivity contribution in [3.63, 3.8) is 0 Å². The molecule has 0 saturated heterocycles. The number of hydrogen-bond acceptors (Lipinski definition) is 3. The fourth-order valence-corrected chi connectivity index (χ4v) is 2.73. The topological polar surface area (TPSA) is 53.5 Å². The van der Waals surface area contributed by atoms with Crippen molar-refractivity contribution in [3.8, 4) is 0 Å². The molecule has 0 aliphatic rings. The van der Waals surface area contributed by atoms with Gasteiger partial charge in [0.1, 0.15) is 0 Å². The van der Waals surface area contributed by atoms with Crippen LogP contribution < -0.4 is 10.7 Å². The molecule has 4 nitrogen and oxygen atoms in total. The third-order valence-corrected chi connectivity index (χ3v) is 4.53. The summed E-state index contributed by atoms with van der Waals surface area (Å²) in [5.41, 5.74) is 9.79. The number of aryl methyl sites for hydroxylation is 2. The average Bonchev–Trinajstić information content (AvgIpc) is 2.61. The molecular weight excluding hydrogens is 310 g/mol. The minimum Gasteiger partial charge on any atom is -0.308 e. The monoisotopic (exact) mass is 337 g/mol. The van der Waals surface area contributed by atoms with E-state index in [1.54, 1.807) is 6.21 Å². The molecule has 0 atom stereocenters. The first-order valence-corrected chi connectivity index (χ1v) is 8.63. The molecule has 0 heterocycles. The minimum atomic E-state index is -0.135. The van der Waals surface area contributed by atoms with Crippen molar-refractivity contribution in [1.29, 1.82) is 0 Å². The summed E-state index contributed by atoms with van der Waals surface area (Å²) in [4.78, 5) is 11.9. The highest BCUT2D eigenvalue weighted by Crippen LogP contribution is 2.19. The van der Waals surface area contributed by atoms with E-state index in [0.29, 0.717) is 0 Å². The first-order chi connectivity index (χ1) is 12.0. The number of benzene rings is 2. The summed E-state index contributed by atoms with van der Waals surface area (Å²) in [6, 6.07) is 12.4. The van der Waals surface area contributed by atoms with Crippen LogP contribution in [0, 0.1) is 27.7 Å². The first kappa shape index (κ1) is 18.9. The Labute approximate surface area is 150 Å². The second kappa shape index (κ2) is 9.14. The van der Waals surface area contributed by atoms with Crippen LogP contribution in [0.3, 0.4) is 0 Å². The summed E-state index contributed by atoms with van der Waals surface area (Å²) >= 11 is 0. The number of amides is 1. The zero-order valence-electron chi connectivity index (χ0n) is 15.5. The molecule has 2 aromatic rings. The molecule has 132 valence electrons. The maximum absolute atomic E-state index is 11.9. The van der Waals surface area contributed by atoms with Gasteiger partial charge >= 0.3 is 0 Å². The molecule has 2 N–H and O–H groups in total. The predicted octanol–water partition coefficient (Wildman–Crippen LogP) is 3.20. The lowest BCUT2D eigenvalue weighted by Crippen LogP contribution is -2.32. The maximum Gasteiger partial charge on any atom is 0.254 e. The smallest absolute Gasteiger partial charge is 0.254 e. The molecule has 0 saturated carbocycles. The summed E-state index contributed by atoms with van der Waals surface area (Å²) in [6.07, 6.45) is 2.64. The predicted molar refractivity (Wildman–Crippen MR) is 104 cm³/mol. The van der Waals surface area contributed by atoms with Gasteiger partial charge in [-0.05, 0) is 68.5 Å². The van der Waals surface area contributed by atoms with Crippen LogP contribution in [0.15, 0.2) is 41.5 Å². The Kier molecular flexibility index (Phi) is 6.90. The van der Waals surface area contributed by atoms with Gasteiger partial charge in [-0.25, -0.2) is 5.43 Å². The van der Waals surface area contributed by atoms with Gasteiger partial charge in [0.2, 0.25) is 0 Å². The van der Waals surface area contributed by atoms with Gasteiger partial charge in [-0.3, -0.25) is 4.79 Å².